The van der Waals surface area contributed by atoms with Crippen LogP contribution in [0.2, 0.25) is 0 Å². The van der Waals surface area contributed by atoms with Crippen molar-refractivity contribution in [2.45, 2.75) is 32.1 Å². The highest BCUT2D eigenvalue weighted by Crippen LogP contribution is 2.23. The third kappa shape index (κ3) is 3.15. The average molecular weight is 216 g/mol. The number of nitriles is 1. The molecule has 1 rings (SSSR count). The molecule has 0 aromatic rings. The van der Waals surface area contributed by atoms with Crippen molar-refractivity contribution >= 4 is 5.91 Å². The summed E-state index contributed by atoms with van der Waals surface area (Å²) in [6.07, 6.45) is 1.75. The molecule has 0 N–H and O–H groups in total. The Kier molecular flexibility index (Phi) is 3.61. The van der Waals surface area contributed by atoms with Crippen molar-refractivity contribution in [1.82, 2.24) is 4.90 Å². The minimum absolute atomic E-state index is 0.254. The molecule has 0 spiro atoms. The maximum absolute atomic E-state index is 12.7. The number of halogens is 2. The number of hydrogen-bond acceptors (Lipinski definition) is 2. The number of rotatable bonds is 2. The first kappa shape index (κ1) is 11.9. The Balaban J connectivity index is 2.45. The summed E-state index contributed by atoms with van der Waals surface area (Å²) in [5.41, 5.74) is 0. The van der Waals surface area contributed by atoms with Crippen molar-refractivity contribution in [3.8, 4) is 6.07 Å². The zero-order chi connectivity index (χ0) is 11.5. The van der Waals surface area contributed by atoms with Gasteiger partial charge in [-0.3, -0.25) is 4.79 Å². The molecule has 1 saturated heterocycles. The zero-order valence-electron chi connectivity index (χ0n) is 8.67. The van der Waals surface area contributed by atoms with E-state index in [-0.39, 0.29) is 5.92 Å². The van der Waals surface area contributed by atoms with Crippen LogP contribution in [0, 0.1) is 17.2 Å². The van der Waals surface area contributed by atoms with E-state index in [4.69, 9.17) is 5.26 Å². The Labute approximate surface area is 87.7 Å². The topological polar surface area (TPSA) is 44.1 Å². The standard InChI is InChI=1S/C10H14F2N2O/c1-10(11,12)9(15)14-6-3-8(2-5-13)4-7-14/h8H,2-4,6-7H2,1H3. The van der Waals surface area contributed by atoms with Gasteiger partial charge in [-0.1, -0.05) is 0 Å². The number of hydrogen-bond donors (Lipinski definition) is 0. The van der Waals surface area contributed by atoms with Gasteiger partial charge in [0.2, 0.25) is 0 Å². The van der Waals surface area contributed by atoms with Gasteiger partial charge in [0.25, 0.3) is 5.91 Å². The molecule has 0 bridgehead atoms. The van der Waals surface area contributed by atoms with Crippen molar-refractivity contribution in [3.05, 3.63) is 0 Å². The quantitative estimate of drug-likeness (QED) is 0.706. The number of likely N-dealkylation sites (tertiary alicyclic amines) is 1. The predicted molar refractivity (Wildman–Crippen MR) is 50.2 cm³/mol. The normalized spacial score (nSPS) is 18.7. The molecule has 3 nitrogen and oxygen atoms in total. The van der Waals surface area contributed by atoms with Crippen molar-refractivity contribution in [2.24, 2.45) is 5.92 Å². The minimum Gasteiger partial charge on any atom is -0.337 e. The van der Waals surface area contributed by atoms with Crippen molar-refractivity contribution in [3.63, 3.8) is 0 Å². The highest BCUT2D eigenvalue weighted by atomic mass is 19.3. The Morgan fingerprint density at radius 3 is 2.47 bits per heavy atom. The summed E-state index contributed by atoms with van der Waals surface area (Å²) >= 11 is 0. The van der Waals surface area contributed by atoms with E-state index >= 15 is 0 Å². The van der Waals surface area contributed by atoms with Gasteiger partial charge in [-0.15, -0.1) is 0 Å². The summed E-state index contributed by atoms with van der Waals surface area (Å²) in [6, 6.07) is 2.06. The number of piperidine rings is 1. The second-order valence-corrected chi connectivity index (χ2v) is 3.99. The first-order valence-corrected chi connectivity index (χ1v) is 4.99. The Morgan fingerprint density at radius 1 is 1.53 bits per heavy atom. The van der Waals surface area contributed by atoms with Gasteiger partial charge >= 0.3 is 5.92 Å². The number of alkyl halides is 2. The van der Waals surface area contributed by atoms with Crippen molar-refractivity contribution in [1.29, 1.82) is 5.26 Å². The molecule has 84 valence electrons. The maximum Gasteiger partial charge on any atom is 0.322 e. The average Bonchev–Trinajstić information content (AvgIpc) is 2.17. The number of carbonyl (C=O) groups is 1. The van der Waals surface area contributed by atoms with E-state index in [1.807, 2.05) is 0 Å². The highest BCUT2D eigenvalue weighted by molar-refractivity contribution is 5.83. The van der Waals surface area contributed by atoms with Gasteiger partial charge in [0.1, 0.15) is 0 Å². The van der Waals surface area contributed by atoms with Crippen LogP contribution < -0.4 is 0 Å². The molecule has 1 aliphatic heterocycles. The summed E-state index contributed by atoms with van der Waals surface area (Å²) in [6.45, 7) is 1.31. The molecule has 0 unspecified atom stereocenters. The van der Waals surface area contributed by atoms with Crippen LogP contribution in [-0.2, 0) is 4.79 Å². The first-order valence-electron chi connectivity index (χ1n) is 4.99. The Hall–Kier alpha value is -1.18. The lowest BCUT2D eigenvalue weighted by Crippen LogP contribution is -2.45. The summed E-state index contributed by atoms with van der Waals surface area (Å²) in [5.74, 6) is -4.12. The summed E-state index contributed by atoms with van der Waals surface area (Å²) in [5, 5.41) is 8.47. The van der Waals surface area contributed by atoms with Crippen LogP contribution in [0.15, 0.2) is 0 Å². The summed E-state index contributed by atoms with van der Waals surface area (Å²) < 4.78 is 25.4. The van der Waals surface area contributed by atoms with E-state index in [1.165, 1.54) is 4.90 Å². The molecule has 1 aliphatic rings. The van der Waals surface area contributed by atoms with E-state index in [2.05, 4.69) is 6.07 Å². The van der Waals surface area contributed by atoms with Crippen LogP contribution in [0.1, 0.15) is 26.2 Å². The number of amides is 1. The van der Waals surface area contributed by atoms with Crippen LogP contribution in [0.5, 0.6) is 0 Å². The number of carbonyl (C=O) groups excluding carboxylic acids is 1. The molecule has 0 aliphatic carbocycles. The minimum atomic E-state index is -3.28. The lowest BCUT2D eigenvalue weighted by atomic mass is 9.94. The third-order valence-corrected chi connectivity index (χ3v) is 2.66. The van der Waals surface area contributed by atoms with E-state index < -0.39 is 11.8 Å². The van der Waals surface area contributed by atoms with Gasteiger partial charge in [0.15, 0.2) is 0 Å². The molecule has 0 aromatic carbocycles. The molecule has 0 aromatic heterocycles. The van der Waals surface area contributed by atoms with Crippen LogP contribution in [0.3, 0.4) is 0 Å². The molecular weight excluding hydrogens is 202 g/mol. The smallest absolute Gasteiger partial charge is 0.322 e. The molecular formula is C10H14F2N2O. The van der Waals surface area contributed by atoms with Gasteiger partial charge in [0.05, 0.1) is 6.07 Å². The van der Waals surface area contributed by atoms with Gasteiger partial charge in [-0.25, -0.2) is 0 Å². The fraction of sp³-hybridized carbons (Fsp3) is 0.800. The summed E-state index contributed by atoms with van der Waals surface area (Å²) in [4.78, 5) is 12.4. The number of nitrogens with zero attached hydrogens (tertiary/aromatic N) is 2. The van der Waals surface area contributed by atoms with Gasteiger partial charge in [-0.05, 0) is 18.8 Å². The molecule has 1 amide bonds. The zero-order valence-corrected chi connectivity index (χ0v) is 8.67. The van der Waals surface area contributed by atoms with Crippen LogP contribution >= 0.6 is 0 Å². The van der Waals surface area contributed by atoms with Crippen molar-refractivity contribution < 1.29 is 13.6 Å². The lowest BCUT2D eigenvalue weighted by Gasteiger charge is -2.32. The second kappa shape index (κ2) is 4.56. The largest absolute Gasteiger partial charge is 0.337 e. The maximum atomic E-state index is 12.7. The highest BCUT2D eigenvalue weighted by Gasteiger charge is 2.37. The second-order valence-electron chi connectivity index (χ2n) is 3.99. The van der Waals surface area contributed by atoms with Crippen LogP contribution in [0.25, 0.3) is 0 Å². The monoisotopic (exact) mass is 216 g/mol. The van der Waals surface area contributed by atoms with E-state index in [1.54, 1.807) is 0 Å². The molecule has 0 atom stereocenters. The molecule has 0 saturated carbocycles. The molecule has 1 fully saturated rings. The van der Waals surface area contributed by atoms with Gasteiger partial charge in [0, 0.05) is 26.4 Å². The van der Waals surface area contributed by atoms with Crippen molar-refractivity contribution in [2.75, 3.05) is 13.1 Å². The SMILES string of the molecule is CC(F)(F)C(=O)N1CCC(CC#N)CC1. The predicted octanol–water partition coefficient (Wildman–Crippen LogP) is 1.79. The van der Waals surface area contributed by atoms with Gasteiger partial charge < -0.3 is 4.90 Å². The van der Waals surface area contributed by atoms with E-state index in [9.17, 15) is 13.6 Å². The Morgan fingerprint density at radius 2 is 2.07 bits per heavy atom. The van der Waals surface area contributed by atoms with Gasteiger partial charge in [-0.2, -0.15) is 14.0 Å². The van der Waals surface area contributed by atoms with E-state index in [0.717, 1.165) is 0 Å². The first-order chi connectivity index (χ1) is 6.95. The summed E-state index contributed by atoms with van der Waals surface area (Å²) in [7, 11) is 0. The van der Waals surface area contributed by atoms with E-state index in [0.29, 0.717) is 39.3 Å². The molecule has 15 heavy (non-hydrogen) atoms. The lowest BCUT2D eigenvalue weighted by molar-refractivity contribution is -0.156. The molecule has 0 radical (unpaired) electrons. The molecule has 1 heterocycles. The fourth-order valence-electron chi connectivity index (χ4n) is 1.75. The van der Waals surface area contributed by atoms with Crippen LogP contribution in [0.4, 0.5) is 8.78 Å². The molecule has 5 heteroatoms. The van der Waals surface area contributed by atoms with Crippen LogP contribution in [-0.4, -0.2) is 29.8 Å². The fourth-order valence-corrected chi connectivity index (χ4v) is 1.75. The third-order valence-electron chi connectivity index (χ3n) is 2.66. The Bertz CT molecular complexity index is 272.